The first kappa shape index (κ1) is 70.9. The average molecular weight is 1090 g/mol. The van der Waals surface area contributed by atoms with Crippen molar-refractivity contribution in [1.29, 1.82) is 0 Å². The van der Waals surface area contributed by atoms with Gasteiger partial charge in [-0.15, -0.1) is 0 Å². The Bertz CT molecular complexity index is 1530. The molecule has 16 heteroatoms. The number of ether oxygens (including phenoxy) is 2. The summed E-state index contributed by atoms with van der Waals surface area (Å²) in [6, 6.07) is 0.683. The maximum Gasteiger partial charge on any atom is 0.306 e. The number of hydrogen-bond acceptors (Lipinski definition) is 10. The zero-order valence-corrected chi connectivity index (χ0v) is 53.9. The van der Waals surface area contributed by atoms with Crippen LogP contribution in [0.2, 0.25) is 54.4 Å². The number of nitrogens with zero attached hydrogens (tertiary/aromatic N) is 1. The van der Waals surface area contributed by atoms with E-state index in [0.29, 0.717) is 51.9 Å². The summed E-state index contributed by atoms with van der Waals surface area (Å²) in [5, 5.41) is 6.67. The van der Waals surface area contributed by atoms with Crippen molar-refractivity contribution in [2.75, 3.05) is 26.4 Å². The Morgan fingerprint density at radius 3 is 1.25 bits per heavy atom. The first-order valence-corrected chi connectivity index (χ1v) is 37.5. The molecular weight excluding hydrogens is 971 g/mol. The molecule has 3 fully saturated rings. The van der Waals surface area contributed by atoms with Crippen LogP contribution in [0.3, 0.4) is 0 Å². The minimum atomic E-state index is -1.79. The van der Waals surface area contributed by atoms with Crippen molar-refractivity contribution in [3.63, 3.8) is 0 Å². The Morgan fingerprint density at radius 2 is 0.890 bits per heavy atom. The molecule has 3 atom stereocenters. The molecule has 2 N–H and O–H groups in total. The Balaban J connectivity index is 0.000000996. The lowest BCUT2D eigenvalue weighted by Crippen LogP contribution is -2.50. The molecular formula is C57H115N3O10Si3. The predicted octanol–water partition coefficient (Wildman–Crippen LogP) is 13.9. The van der Waals surface area contributed by atoms with Crippen LogP contribution in [0.4, 0.5) is 0 Å². The van der Waals surface area contributed by atoms with E-state index in [2.05, 4.69) is 124 Å². The molecule has 0 radical (unpaired) electrons. The molecule has 0 aromatic carbocycles. The van der Waals surface area contributed by atoms with Gasteiger partial charge in [-0.1, -0.05) is 108 Å². The predicted molar refractivity (Wildman–Crippen MR) is 309 cm³/mol. The van der Waals surface area contributed by atoms with Gasteiger partial charge in [-0.25, -0.2) is 0 Å². The molecule has 3 heterocycles. The van der Waals surface area contributed by atoms with Crippen molar-refractivity contribution < 1.29 is 46.7 Å². The Labute approximate surface area is 451 Å². The van der Waals surface area contributed by atoms with Crippen LogP contribution in [0.1, 0.15) is 225 Å². The third kappa shape index (κ3) is 31.6. The van der Waals surface area contributed by atoms with E-state index in [4.69, 9.17) is 22.8 Å². The second-order valence-electron chi connectivity index (χ2n) is 26.1. The smallest absolute Gasteiger partial charge is 0.306 e. The number of piperidine rings is 3. The van der Waals surface area contributed by atoms with E-state index in [1.54, 1.807) is 0 Å². The fourth-order valence-electron chi connectivity index (χ4n) is 7.48. The van der Waals surface area contributed by atoms with Gasteiger partial charge in [0.25, 0.3) is 0 Å². The molecule has 0 aromatic heterocycles. The molecule has 0 unspecified atom stereocenters. The Kier molecular flexibility index (Phi) is 33.6. The van der Waals surface area contributed by atoms with E-state index in [1.165, 1.54) is 19.3 Å². The summed E-state index contributed by atoms with van der Waals surface area (Å²) < 4.78 is 28.8. The van der Waals surface area contributed by atoms with Crippen LogP contribution >= 0.6 is 0 Å². The normalized spacial score (nSPS) is 19.1. The molecule has 430 valence electrons. The van der Waals surface area contributed by atoms with Crippen LogP contribution in [0, 0.1) is 0 Å². The monoisotopic (exact) mass is 1090 g/mol. The molecule has 3 aliphatic heterocycles. The zero-order chi connectivity index (χ0) is 56.3. The van der Waals surface area contributed by atoms with Crippen LogP contribution in [-0.4, -0.2) is 116 Å². The molecule has 0 aromatic rings. The van der Waals surface area contributed by atoms with E-state index in [-0.39, 0.29) is 75.1 Å². The first-order chi connectivity index (χ1) is 33.5. The molecule has 0 bridgehead atoms. The highest BCUT2D eigenvalue weighted by Crippen LogP contribution is 2.39. The number of unbranched alkanes of at least 4 members (excludes halogenated alkanes) is 7. The minimum Gasteiger partial charge on any atom is -0.463 e. The lowest BCUT2D eigenvalue weighted by Gasteiger charge is -2.41. The fraction of sp³-hybridized carbons (Fsp3) is 0.912. The van der Waals surface area contributed by atoms with Crippen LogP contribution in [0.25, 0.3) is 0 Å². The van der Waals surface area contributed by atoms with Crippen molar-refractivity contribution in [2.45, 2.75) is 310 Å². The molecule has 3 aliphatic rings. The van der Waals surface area contributed by atoms with Gasteiger partial charge in [0.1, 0.15) is 0 Å². The third-order valence-corrected chi connectivity index (χ3v) is 28.9. The number of amides is 3. The highest BCUT2D eigenvalue weighted by Gasteiger charge is 2.40. The topological polar surface area (TPSA) is 159 Å². The molecule has 13 nitrogen and oxygen atoms in total. The van der Waals surface area contributed by atoms with Crippen molar-refractivity contribution in [1.82, 2.24) is 15.5 Å². The van der Waals surface area contributed by atoms with Gasteiger partial charge in [-0.3, -0.25) is 24.0 Å². The molecule has 3 saturated heterocycles. The first-order valence-electron chi connectivity index (χ1n) is 28.7. The van der Waals surface area contributed by atoms with Gasteiger partial charge in [0.05, 0.1) is 50.2 Å². The number of hydrogen-bond donors (Lipinski definition) is 2. The Hall–Kier alpha value is -2.12. The van der Waals surface area contributed by atoms with Crippen LogP contribution in [0.15, 0.2) is 0 Å². The van der Waals surface area contributed by atoms with E-state index in [9.17, 15) is 24.0 Å². The van der Waals surface area contributed by atoms with Gasteiger partial charge in [0.15, 0.2) is 25.0 Å². The van der Waals surface area contributed by atoms with E-state index >= 15 is 0 Å². The van der Waals surface area contributed by atoms with Crippen molar-refractivity contribution in [3.8, 4) is 0 Å². The van der Waals surface area contributed by atoms with Gasteiger partial charge in [-0.2, -0.15) is 0 Å². The highest BCUT2D eigenvalue weighted by atomic mass is 28.4. The lowest BCUT2D eigenvalue weighted by atomic mass is 10.0. The maximum absolute atomic E-state index is 12.5. The van der Waals surface area contributed by atoms with Gasteiger partial charge in [0.2, 0.25) is 17.7 Å². The van der Waals surface area contributed by atoms with E-state index in [1.807, 2.05) is 27.7 Å². The summed E-state index contributed by atoms with van der Waals surface area (Å²) in [6.07, 6.45) is 19.0. The summed E-state index contributed by atoms with van der Waals surface area (Å²) in [5.74, 6) is 0.469. The maximum atomic E-state index is 12.5. The molecule has 3 amide bonds. The standard InChI is InChI=1S/C22H43NO4Si.2C12H25NO2Si.C11H22O2/c1-18(2)27-21(25)15-10-8-9-11-16-23-19(13-12-14-20(23)24)17-26-28(6,7)22(3,4)5;2*1-12(2,3)16(4,5)15-9-10-7-6-8-11(14)13-10;1-4-5-6-7-8-9-11(12)13-10(2)3/h18-19H,8-17H2,1-7H3;2*10H,6-9H2,1-5H3,(H,13,14);10H,4-9H2,1-3H3/t19-;2*10-;/m111./s1. The summed E-state index contributed by atoms with van der Waals surface area (Å²) in [7, 11) is -5.12. The summed E-state index contributed by atoms with van der Waals surface area (Å²) >= 11 is 0. The van der Waals surface area contributed by atoms with Crippen LogP contribution in [-0.2, 0) is 46.7 Å². The third-order valence-electron chi connectivity index (χ3n) is 15.4. The second kappa shape index (κ2) is 34.6. The molecule has 0 saturated carbocycles. The average Bonchev–Trinajstić information content (AvgIpc) is 3.25. The number of likely N-dealkylation sites (tertiary alicyclic amines) is 1. The number of carbonyl (C=O) groups is 5. The summed E-state index contributed by atoms with van der Waals surface area (Å²) in [6.45, 7) is 46.2. The van der Waals surface area contributed by atoms with E-state index in [0.717, 1.165) is 83.6 Å². The largest absolute Gasteiger partial charge is 0.463 e. The van der Waals surface area contributed by atoms with Gasteiger partial charge >= 0.3 is 11.9 Å². The van der Waals surface area contributed by atoms with Gasteiger partial charge in [-0.05, 0) is 140 Å². The van der Waals surface area contributed by atoms with Crippen LogP contribution < -0.4 is 10.6 Å². The number of esters is 2. The minimum absolute atomic E-state index is 0.0307. The molecule has 3 rings (SSSR count). The van der Waals surface area contributed by atoms with E-state index < -0.39 is 25.0 Å². The summed E-state index contributed by atoms with van der Waals surface area (Å²) in [4.78, 5) is 59.6. The Morgan fingerprint density at radius 1 is 0.534 bits per heavy atom. The van der Waals surface area contributed by atoms with Crippen molar-refractivity contribution >= 4 is 54.6 Å². The molecule has 0 spiro atoms. The van der Waals surface area contributed by atoms with Gasteiger partial charge in [0, 0.05) is 38.6 Å². The SMILES string of the molecule is CC(C)(C)[Si](C)(C)OC[C@H]1CCCC(=O)N1.CC(C)(C)[Si](C)(C)OC[C@H]1CCCC(=O)N1.CC(C)OC(=O)CCCCCCN1C(=O)CCC[C@@H]1CO[Si](C)(C)C(C)(C)C.CCCCCCCC(=O)OC(C)C. The summed E-state index contributed by atoms with van der Waals surface area (Å²) in [5.41, 5.74) is 0. The fourth-order valence-corrected chi connectivity index (χ4v) is 10.6. The van der Waals surface area contributed by atoms with Crippen molar-refractivity contribution in [3.05, 3.63) is 0 Å². The van der Waals surface area contributed by atoms with Gasteiger partial charge < -0.3 is 38.3 Å². The highest BCUT2D eigenvalue weighted by molar-refractivity contribution is 6.74. The number of rotatable bonds is 24. The quantitative estimate of drug-likeness (QED) is 0.0541. The van der Waals surface area contributed by atoms with Crippen molar-refractivity contribution in [2.24, 2.45) is 0 Å². The molecule has 0 aliphatic carbocycles. The van der Waals surface area contributed by atoms with Crippen LogP contribution in [0.5, 0.6) is 0 Å². The number of carbonyl (C=O) groups excluding carboxylic acids is 5. The zero-order valence-electron chi connectivity index (χ0n) is 50.9. The lowest BCUT2D eigenvalue weighted by molar-refractivity contribution is -0.148. The second-order valence-corrected chi connectivity index (χ2v) is 40.5. The number of nitrogens with one attached hydrogen (secondary N) is 2. The molecule has 73 heavy (non-hydrogen) atoms.